The van der Waals surface area contributed by atoms with Crippen LogP contribution in [-0.2, 0) is 5.41 Å². The van der Waals surface area contributed by atoms with Crippen LogP contribution in [0.3, 0.4) is 0 Å². The molecule has 1 aromatic carbocycles. The first-order chi connectivity index (χ1) is 10.4. The molecular weight excluding hydrogens is 268 g/mol. The van der Waals surface area contributed by atoms with Crippen LogP contribution in [0.1, 0.15) is 59.4 Å². The maximum Gasteiger partial charge on any atom is 0.00472 e. The highest BCUT2D eigenvalue weighted by Crippen LogP contribution is 2.39. The normalized spacial score (nSPS) is 26.1. The molecule has 1 aliphatic rings. The van der Waals surface area contributed by atoms with Crippen molar-refractivity contribution in [3.05, 3.63) is 35.9 Å². The fourth-order valence-electron chi connectivity index (χ4n) is 4.20. The maximum atomic E-state index is 3.63. The summed E-state index contributed by atoms with van der Waals surface area (Å²) in [5.74, 6) is 0. The Morgan fingerprint density at radius 1 is 1.14 bits per heavy atom. The third-order valence-corrected chi connectivity index (χ3v) is 5.35. The first-order valence-corrected chi connectivity index (χ1v) is 8.99. The molecule has 1 aromatic rings. The van der Waals surface area contributed by atoms with Crippen molar-refractivity contribution in [3.63, 3.8) is 0 Å². The summed E-state index contributed by atoms with van der Waals surface area (Å²) in [5.41, 5.74) is 1.88. The molecule has 22 heavy (non-hydrogen) atoms. The molecule has 0 unspecified atom stereocenters. The second kappa shape index (κ2) is 7.61. The largest absolute Gasteiger partial charge is 0.314 e. The lowest BCUT2D eigenvalue weighted by Crippen LogP contribution is -2.48. The molecule has 1 fully saturated rings. The predicted molar refractivity (Wildman–Crippen MR) is 96.4 cm³/mol. The Hall–Kier alpha value is -0.860. The molecule has 0 amide bonds. The van der Waals surface area contributed by atoms with E-state index in [9.17, 15) is 0 Å². The number of nitrogens with zero attached hydrogens (tertiary/aromatic N) is 1. The minimum atomic E-state index is 0.341. The van der Waals surface area contributed by atoms with E-state index in [0.29, 0.717) is 23.5 Å². The first-order valence-electron chi connectivity index (χ1n) is 8.99. The molecule has 1 saturated heterocycles. The van der Waals surface area contributed by atoms with E-state index in [1.165, 1.54) is 31.4 Å². The van der Waals surface area contributed by atoms with Crippen molar-refractivity contribution in [1.29, 1.82) is 0 Å². The molecule has 0 saturated carbocycles. The third-order valence-electron chi connectivity index (χ3n) is 5.35. The number of hydrogen-bond donors (Lipinski definition) is 1. The Balaban J connectivity index is 2.19. The van der Waals surface area contributed by atoms with Crippen molar-refractivity contribution in [2.75, 3.05) is 13.1 Å². The fraction of sp³-hybridized carbons (Fsp3) is 0.700. The van der Waals surface area contributed by atoms with Crippen LogP contribution >= 0.6 is 0 Å². The van der Waals surface area contributed by atoms with Gasteiger partial charge in [0, 0.05) is 18.1 Å². The van der Waals surface area contributed by atoms with Crippen LogP contribution in [0.4, 0.5) is 0 Å². The van der Waals surface area contributed by atoms with Gasteiger partial charge in [0.05, 0.1) is 0 Å². The maximum absolute atomic E-state index is 3.63. The summed E-state index contributed by atoms with van der Waals surface area (Å²) in [6.07, 6.45) is 3.77. The summed E-state index contributed by atoms with van der Waals surface area (Å²) < 4.78 is 0. The zero-order chi connectivity index (χ0) is 16.2. The van der Waals surface area contributed by atoms with Gasteiger partial charge in [-0.1, -0.05) is 30.3 Å². The monoisotopic (exact) mass is 302 g/mol. The molecule has 124 valence electrons. The summed E-state index contributed by atoms with van der Waals surface area (Å²) in [6.45, 7) is 13.9. The van der Waals surface area contributed by atoms with Crippen LogP contribution in [-0.4, -0.2) is 36.1 Å². The van der Waals surface area contributed by atoms with Crippen LogP contribution < -0.4 is 5.32 Å². The van der Waals surface area contributed by atoms with Crippen LogP contribution in [0, 0.1) is 0 Å². The summed E-state index contributed by atoms with van der Waals surface area (Å²) in [5, 5.41) is 3.63. The van der Waals surface area contributed by atoms with Gasteiger partial charge in [-0.15, -0.1) is 0 Å². The Morgan fingerprint density at radius 3 is 2.32 bits per heavy atom. The van der Waals surface area contributed by atoms with Gasteiger partial charge in [0.25, 0.3) is 0 Å². The van der Waals surface area contributed by atoms with Gasteiger partial charge in [-0.05, 0) is 77.9 Å². The highest BCUT2D eigenvalue weighted by Gasteiger charge is 2.36. The third kappa shape index (κ3) is 4.11. The Bertz CT molecular complexity index is 432. The first kappa shape index (κ1) is 17.5. The van der Waals surface area contributed by atoms with Gasteiger partial charge in [0.1, 0.15) is 0 Å². The smallest absolute Gasteiger partial charge is 0.00472 e. The van der Waals surface area contributed by atoms with Crippen LogP contribution in [0.15, 0.2) is 30.3 Å². The van der Waals surface area contributed by atoms with Gasteiger partial charge >= 0.3 is 0 Å². The van der Waals surface area contributed by atoms with E-state index in [1.54, 1.807) is 0 Å². The van der Waals surface area contributed by atoms with Gasteiger partial charge in [-0.2, -0.15) is 0 Å². The number of hydrogen-bond acceptors (Lipinski definition) is 2. The molecule has 0 radical (unpaired) electrons. The fourth-order valence-corrected chi connectivity index (χ4v) is 4.20. The van der Waals surface area contributed by atoms with E-state index < -0.39 is 0 Å². The molecule has 0 aliphatic carbocycles. The van der Waals surface area contributed by atoms with Gasteiger partial charge < -0.3 is 5.32 Å². The zero-order valence-corrected chi connectivity index (χ0v) is 15.1. The van der Waals surface area contributed by atoms with Gasteiger partial charge in [0.2, 0.25) is 0 Å². The average molecular weight is 303 g/mol. The van der Waals surface area contributed by atoms with E-state index in [4.69, 9.17) is 0 Å². The molecule has 0 spiro atoms. The minimum absolute atomic E-state index is 0.341. The summed E-state index contributed by atoms with van der Waals surface area (Å²) in [7, 11) is 0. The number of benzene rings is 1. The second-order valence-corrected chi connectivity index (χ2v) is 7.63. The summed E-state index contributed by atoms with van der Waals surface area (Å²) in [4.78, 5) is 2.64. The highest BCUT2D eigenvalue weighted by molar-refractivity contribution is 5.26. The van der Waals surface area contributed by atoms with Crippen molar-refractivity contribution >= 4 is 0 Å². The van der Waals surface area contributed by atoms with Crippen molar-refractivity contribution < 1.29 is 0 Å². The van der Waals surface area contributed by atoms with Crippen LogP contribution in [0.5, 0.6) is 0 Å². The van der Waals surface area contributed by atoms with Crippen molar-refractivity contribution in [2.24, 2.45) is 0 Å². The quantitative estimate of drug-likeness (QED) is 0.847. The molecule has 2 atom stereocenters. The van der Waals surface area contributed by atoms with Crippen LogP contribution in [0.25, 0.3) is 0 Å². The Labute approximate surface area is 137 Å². The van der Waals surface area contributed by atoms with Crippen molar-refractivity contribution in [2.45, 2.75) is 77.4 Å². The van der Waals surface area contributed by atoms with Gasteiger partial charge in [0.15, 0.2) is 0 Å². The molecule has 1 aliphatic heterocycles. The van der Waals surface area contributed by atoms with Gasteiger partial charge in [-0.3, -0.25) is 4.90 Å². The summed E-state index contributed by atoms with van der Waals surface area (Å²) >= 11 is 0. The van der Waals surface area contributed by atoms with E-state index in [1.807, 2.05) is 0 Å². The SMILES string of the molecule is CC(C)N(CC[C@@]1(c2ccccc2)CCN[C@@H](C)C1)C(C)C. The molecule has 1 N–H and O–H groups in total. The van der Waals surface area contributed by atoms with E-state index in [0.717, 1.165) is 6.54 Å². The van der Waals surface area contributed by atoms with Crippen molar-refractivity contribution in [1.82, 2.24) is 10.2 Å². The van der Waals surface area contributed by atoms with Crippen LogP contribution in [0.2, 0.25) is 0 Å². The molecule has 2 nitrogen and oxygen atoms in total. The molecular formula is C20H34N2. The Morgan fingerprint density at radius 2 is 1.77 bits per heavy atom. The zero-order valence-electron chi connectivity index (χ0n) is 15.1. The topological polar surface area (TPSA) is 15.3 Å². The second-order valence-electron chi connectivity index (χ2n) is 7.63. The number of rotatable bonds is 6. The Kier molecular flexibility index (Phi) is 6.05. The molecule has 1 heterocycles. The standard InChI is InChI=1S/C20H34N2/c1-16(2)22(17(3)4)14-12-20(11-13-21-18(5)15-20)19-9-7-6-8-10-19/h6-10,16-18,21H,11-15H2,1-5H3/t18-,20-/m0/s1. The summed E-state index contributed by atoms with van der Waals surface area (Å²) in [6, 6.07) is 13.1. The lowest BCUT2D eigenvalue weighted by Gasteiger charge is -2.43. The van der Waals surface area contributed by atoms with Crippen molar-refractivity contribution in [3.8, 4) is 0 Å². The predicted octanol–water partition coefficient (Wildman–Crippen LogP) is 4.21. The lowest BCUT2D eigenvalue weighted by molar-refractivity contribution is 0.140. The number of piperidine rings is 1. The molecule has 0 bridgehead atoms. The molecule has 2 heteroatoms. The number of nitrogens with one attached hydrogen (secondary N) is 1. The van der Waals surface area contributed by atoms with Gasteiger partial charge in [-0.25, -0.2) is 0 Å². The average Bonchev–Trinajstić information content (AvgIpc) is 2.47. The molecule has 2 rings (SSSR count). The lowest BCUT2D eigenvalue weighted by atomic mass is 9.69. The minimum Gasteiger partial charge on any atom is -0.314 e. The van der Waals surface area contributed by atoms with E-state index in [2.05, 4.69) is 75.2 Å². The molecule has 0 aromatic heterocycles. The highest BCUT2D eigenvalue weighted by atomic mass is 15.2. The van der Waals surface area contributed by atoms with E-state index >= 15 is 0 Å². The van der Waals surface area contributed by atoms with E-state index in [-0.39, 0.29) is 0 Å².